The molecule has 2 nitrogen and oxygen atoms in total. The lowest BCUT2D eigenvalue weighted by Gasteiger charge is -2.16. The average Bonchev–Trinajstić information content (AvgIpc) is 2.77. The Morgan fingerprint density at radius 2 is 2.28 bits per heavy atom. The quantitative estimate of drug-likeness (QED) is 0.892. The lowest BCUT2D eigenvalue weighted by atomic mass is 10.1. The van der Waals surface area contributed by atoms with Gasteiger partial charge >= 0.3 is 0 Å². The number of halogens is 1. The number of benzene rings is 1. The van der Waals surface area contributed by atoms with Crippen LogP contribution in [-0.2, 0) is 0 Å². The zero-order chi connectivity index (χ0) is 13.0. The second-order valence-corrected chi connectivity index (χ2v) is 6.26. The van der Waals surface area contributed by atoms with E-state index in [4.69, 9.17) is 11.6 Å². The lowest BCUT2D eigenvalue weighted by Crippen LogP contribution is -2.23. The maximum absolute atomic E-state index is 6.20. The largest absolute Gasteiger partial charge is 0.358 e. The van der Waals surface area contributed by atoms with Crippen molar-refractivity contribution < 1.29 is 0 Å². The number of nitrogens with zero attached hydrogens (tertiary/aromatic N) is 1. The summed E-state index contributed by atoms with van der Waals surface area (Å²) in [4.78, 5) is 4.56. The molecule has 0 amide bonds. The Balaban J connectivity index is 1.93. The van der Waals surface area contributed by atoms with E-state index in [1.54, 1.807) is 0 Å². The van der Waals surface area contributed by atoms with Crippen molar-refractivity contribution in [3.05, 3.63) is 34.9 Å². The molecule has 0 bridgehead atoms. The highest BCUT2D eigenvalue weighted by molar-refractivity contribution is 8.14. The summed E-state index contributed by atoms with van der Waals surface area (Å²) < 4.78 is 0. The summed E-state index contributed by atoms with van der Waals surface area (Å²) in [6.45, 7) is 5.28. The van der Waals surface area contributed by atoms with E-state index in [0.717, 1.165) is 22.3 Å². The number of amidine groups is 1. The van der Waals surface area contributed by atoms with Crippen molar-refractivity contribution in [1.29, 1.82) is 0 Å². The summed E-state index contributed by atoms with van der Waals surface area (Å²) in [7, 11) is 0. The molecule has 1 heterocycles. The molecule has 18 heavy (non-hydrogen) atoms. The molecule has 98 valence electrons. The summed E-state index contributed by atoms with van der Waals surface area (Å²) in [5, 5.41) is 5.97. The molecule has 1 aromatic carbocycles. The smallest absolute Gasteiger partial charge is 0.157 e. The normalized spacial score (nSPS) is 20.6. The van der Waals surface area contributed by atoms with E-state index in [9.17, 15) is 0 Å². The number of nitrogens with one attached hydrogen (secondary N) is 1. The molecule has 2 unspecified atom stereocenters. The van der Waals surface area contributed by atoms with Gasteiger partial charge in [-0.05, 0) is 25.0 Å². The fourth-order valence-corrected chi connectivity index (χ4v) is 3.57. The van der Waals surface area contributed by atoms with Crippen LogP contribution < -0.4 is 5.32 Å². The summed E-state index contributed by atoms with van der Waals surface area (Å²) in [6, 6.07) is 8.16. The van der Waals surface area contributed by atoms with Crippen molar-refractivity contribution in [2.75, 3.05) is 6.54 Å². The Kier molecular flexibility index (Phi) is 4.95. The number of rotatable bonds is 4. The van der Waals surface area contributed by atoms with Gasteiger partial charge in [-0.3, -0.25) is 4.99 Å². The van der Waals surface area contributed by atoms with Crippen LogP contribution in [-0.4, -0.2) is 17.0 Å². The molecule has 2 atom stereocenters. The first-order valence-electron chi connectivity index (χ1n) is 6.42. The van der Waals surface area contributed by atoms with E-state index in [0.29, 0.717) is 5.25 Å². The fourth-order valence-electron chi connectivity index (χ4n) is 2.06. The molecule has 0 saturated heterocycles. The third kappa shape index (κ3) is 3.42. The molecular weight excluding hydrogens is 264 g/mol. The minimum Gasteiger partial charge on any atom is -0.358 e. The topological polar surface area (TPSA) is 24.4 Å². The van der Waals surface area contributed by atoms with Crippen molar-refractivity contribution in [2.45, 2.75) is 38.0 Å². The zero-order valence-corrected chi connectivity index (χ0v) is 12.4. The Morgan fingerprint density at radius 1 is 1.50 bits per heavy atom. The van der Waals surface area contributed by atoms with Gasteiger partial charge in [0.2, 0.25) is 0 Å². The van der Waals surface area contributed by atoms with Gasteiger partial charge < -0.3 is 5.32 Å². The molecule has 0 aromatic heterocycles. The molecule has 1 aromatic rings. The van der Waals surface area contributed by atoms with E-state index in [2.05, 4.69) is 30.2 Å². The number of hydrogen-bond acceptors (Lipinski definition) is 3. The maximum Gasteiger partial charge on any atom is 0.157 e. The molecule has 0 spiro atoms. The van der Waals surface area contributed by atoms with Gasteiger partial charge in [0.25, 0.3) is 0 Å². The lowest BCUT2D eigenvalue weighted by molar-refractivity contribution is 0.720. The molecule has 1 N–H and O–H groups in total. The molecule has 0 fully saturated rings. The van der Waals surface area contributed by atoms with Gasteiger partial charge in [0, 0.05) is 10.3 Å². The summed E-state index contributed by atoms with van der Waals surface area (Å²) in [6.07, 6.45) is 2.46. The Morgan fingerprint density at radius 3 is 3.00 bits per heavy atom. The van der Waals surface area contributed by atoms with Crippen LogP contribution in [0.2, 0.25) is 5.02 Å². The van der Waals surface area contributed by atoms with Gasteiger partial charge in [0.05, 0.1) is 12.6 Å². The first-order valence-corrected chi connectivity index (χ1v) is 7.68. The van der Waals surface area contributed by atoms with Crippen molar-refractivity contribution in [3.8, 4) is 0 Å². The van der Waals surface area contributed by atoms with Crippen LogP contribution in [0, 0.1) is 0 Å². The van der Waals surface area contributed by atoms with E-state index in [-0.39, 0.29) is 6.04 Å². The molecule has 1 aliphatic rings. The van der Waals surface area contributed by atoms with Crippen molar-refractivity contribution in [3.63, 3.8) is 0 Å². The molecular formula is C14H19ClN2S. The Bertz CT molecular complexity index is 434. The molecule has 2 rings (SSSR count). The fraction of sp³-hybridized carbons (Fsp3) is 0.500. The van der Waals surface area contributed by atoms with Gasteiger partial charge in [0.15, 0.2) is 5.17 Å². The number of hydrogen-bond donors (Lipinski definition) is 1. The molecule has 4 heteroatoms. The minimum absolute atomic E-state index is 0.199. The molecule has 0 aliphatic carbocycles. The zero-order valence-electron chi connectivity index (χ0n) is 10.8. The summed E-state index contributed by atoms with van der Waals surface area (Å²) in [5.74, 6) is 0. The number of aliphatic imine (C=N–C) groups is 1. The van der Waals surface area contributed by atoms with Crippen LogP contribution in [0.1, 0.15) is 38.3 Å². The second-order valence-electron chi connectivity index (χ2n) is 4.56. The van der Waals surface area contributed by atoms with Gasteiger partial charge in [-0.25, -0.2) is 0 Å². The monoisotopic (exact) mass is 282 g/mol. The third-order valence-corrected chi connectivity index (χ3v) is 4.57. The van der Waals surface area contributed by atoms with E-state index < -0.39 is 0 Å². The molecule has 0 radical (unpaired) electrons. The van der Waals surface area contributed by atoms with Crippen LogP contribution in [0.5, 0.6) is 0 Å². The van der Waals surface area contributed by atoms with E-state index in [1.165, 1.54) is 12.8 Å². The molecule has 0 saturated carbocycles. The van der Waals surface area contributed by atoms with Gasteiger partial charge in [0.1, 0.15) is 0 Å². The first-order chi connectivity index (χ1) is 8.70. The summed E-state index contributed by atoms with van der Waals surface area (Å²) >= 11 is 8.06. The van der Waals surface area contributed by atoms with E-state index >= 15 is 0 Å². The average molecular weight is 283 g/mol. The van der Waals surface area contributed by atoms with Crippen LogP contribution in [0.15, 0.2) is 29.3 Å². The van der Waals surface area contributed by atoms with Gasteiger partial charge in [-0.2, -0.15) is 0 Å². The van der Waals surface area contributed by atoms with Crippen molar-refractivity contribution in [1.82, 2.24) is 5.32 Å². The predicted octanol–water partition coefficient (Wildman–Crippen LogP) is 4.26. The Labute approximate surface area is 118 Å². The van der Waals surface area contributed by atoms with Crippen LogP contribution >= 0.6 is 23.4 Å². The standard InChI is InChI=1S/C14H19ClN2S/c1-3-6-11-9-16-14(18-11)17-10(2)12-7-4-5-8-13(12)15/h4-5,7-8,10-11H,3,6,9H2,1-2H3,(H,16,17). The highest BCUT2D eigenvalue weighted by atomic mass is 35.5. The number of thioether (sulfide) groups is 1. The van der Waals surface area contributed by atoms with Crippen molar-refractivity contribution in [2.24, 2.45) is 4.99 Å². The highest BCUT2D eigenvalue weighted by Gasteiger charge is 2.20. The third-order valence-electron chi connectivity index (χ3n) is 3.04. The minimum atomic E-state index is 0.199. The first kappa shape index (κ1) is 13.8. The van der Waals surface area contributed by atoms with E-state index in [1.807, 2.05) is 30.0 Å². The second kappa shape index (κ2) is 6.48. The SMILES string of the molecule is CCCC1CN=C(NC(C)c2ccccc2Cl)S1. The van der Waals surface area contributed by atoms with Crippen LogP contribution in [0.25, 0.3) is 0 Å². The maximum atomic E-state index is 6.20. The predicted molar refractivity (Wildman–Crippen MR) is 81.6 cm³/mol. The highest BCUT2D eigenvalue weighted by Crippen LogP contribution is 2.27. The van der Waals surface area contributed by atoms with Crippen LogP contribution in [0.4, 0.5) is 0 Å². The van der Waals surface area contributed by atoms with Crippen LogP contribution in [0.3, 0.4) is 0 Å². The Hall–Kier alpha value is -0.670. The van der Waals surface area contributed by atoms with Crippen molar-refractivity contribution >= 4 is 28.5 Å². The summed E-state index contributed by atoms with van der Waals surface area (Å²) in [5.41, 5.74) is 1.13. The van der Waals surface area contributed by atoms with Gasteiger partial charge in [-0.15, -0.1) is 0 Å². The van der Waals surface area contributed by atoms with Gasteiger partial charge in [-0.1, -0.05) is 54.9 Å². The molecule has 1 aliphatic heterocycles.